The molecular weight excluding hydrogens is 265 g/mol. The van der Waals surface area contributed by atoms with E-state index in [0.717, 1.165) is 25.1 Å². The largest absolute Gasteiger partial charge is 0.316 e. The Kier molecular flexibility index (Phi) is 6.77. The third kappa shape index (κ3) is 5.43. The molecule has 1 N–H and O–H groups in total. The summed E-state index contributed by atoms with van der Waals surface area (Å²) in [5, 5.41) is 4.63. The van der Waals surface area contributed by atoms with E-state index in [0.29, 0.717) is 16.0 Å². The predicted molar refractivity (Wildman–Crippen MR) is 82.4 cm³/mol. The average Bonchev–Trinajstić information content (AvgIpc) is 2.31. The van der Waals surface area contributed by atoms with Crippen LogP contribution in [0.1, 0.15) is 32.8 Å². The van der Waals surface area contributed by atoms with E-state index in [-0.39, 0.29) is 0 Å². The van der Waals surface area contributed by atoms with Crippen molar-refractivity contribution in [3.8, 4) is 0 Å². The van der Waals surface area contributed by atoms with Crippen molar-refractivity contribution in [2.45, 2.75) is 27.2 Å². The Bertz CT molecular complexity index is 411. The maximum atomic E-state index is 6.00. The third-order valence-electron chi connectivity index (χ3n) is 2.70. The molecular formula is C15H21Cl2N. The van der Waals surface area contributed by atoms with Gasteiger partial charge in [-0.05, 0) is 55.6 Å². The number of halogens is 2. The van der Waals surface area contributed by atoms with Crippen molar-refractivity contribution in [1.82, 2.24) is 5.32 Å². The molecule has 0 atom stereocenters. The molecule has 1 rings (SSSR count). The van der Waals surface area contributed by atoms with Crippen LogP contribution in [0.4, 0.5) is 0 Å². The summed E-state index contributed by atoms with van der Waals surface area (Å²) in [4.78, 5) is 0. The maximum absolute atomic E-state index is 6.00. The Hall–Kier alpha value is -0.500. The number of nitrogens with one attached hydrogen (secondary N) is 1. The van der Waals surface area contributed by atoms with Crippen molar-refractivity contribution in [2.24, 2.45) is 5.92 Å². The highest BCUT2D eigenvalue weighted by atomic mass is 35.5. The molecule has 0 saturated heterocycles. The van der Waals surface area contributed by atoms with Crippen LogP contribution in [0.3, 0.4) is 0 Å². The number of allylic oxidation sites excluding steroid dienone is 1. The lowest BCUT2D eigenvalue weighted by atomic mass is 10.1. The van der Waals surface area contributed by atoms with E-state index in [9.17, 15) is 0 Å². The summed E-state index contributed by atoms with van der Waals surface area (Å²) < 4.78 is 0. The third-order valence-corrected chi connectivity index (χ3v) is 3.44. The number of hydrogen-bond donors (Lipinski definition) is 1. The lowest BCUT2D eigenvalue weighted by molar-refractivity contribution is 0.557. The molecule has 1 aromatic rings. The van der Waals surface area contributed by atoms with E-state index in [1.54, 1.807) is 0 Å². The van der Waals surface area contributed by atoms with E-state index in [1.807, 2.05) is 18.2 Å². The van der Waals surface area contributed by atoms with Gasteiger partial charge in [0.05, 0.1) is 10.0 Å². The zero-order chi connectivity index (χ0) is 13.5. The molecule has 0 radical (unpaired) electrons. The summed E-state index contributed by atoms with van der Waals surface area (Å²) in [5.74, 6) is 0.699. The zero-order valence-electron chi connectivity index (χ0n) is 11.3. The van der Waals surface area contributed by atoms with Crippen LogP contribution in [0.5, 0.6) is 0 Å². The molecule has 1 nitrogen and oxygen atoms in total. The van der Waals surface area contributed by atoms with Gasteiger partial charge in [0.25, 0.3) is 0 Å². The fourth-order valence-corrected chi connectivity index (χ4v) is 1.94. The minimum absolute atomic E-state index is 0.604. The Morgan fingerprint density at radius 1 is 1.28 bits per heavy atom. The van der Waals surface area contributed by atoms with Gasteiger partial charge >= 0.3 is 0 Å². The predicted octanol–water partition coefficient (Wildman–Crippen LogP) is 5.03. The number of hydrogen-bond acceptors (Lipinski definition) is 1. The van der Waals surface area contributed by atoms with Gasteiger partial charge in [-0.1, -0.05) is 49.2 Å². The van der Waals surface area contributed by atoms with Crippen molar-refractivity contribution in [2.75, 3.05) is 13.1 Å². The SMILES string of the molecule is CC(=CCCNCC(C)C)c1ccc(Cl)c(Cl)c1. The first-order valence-corrected chi connectivity index (χ1v) is 7.09. The molecule has 18 heavy (non-hydrogen) atoms. The van der Waals surface area contributed by atoms with Crippen LogP contribution in [0, 0.1) is 5.92 Å². The smallest absolute Gasteiger partial charge is 0.0598 e. The minimum atomic E-state index is 0.604. The second kappa shape index (κ2) is 7.83. The molecule has 0 unspecified atom stereocenters. The number of benzene rings is 1. The Labute approximate surface area is 120 Å². The van der Waals surface area contributed by atoms with Crippen molar-refractivity contribution in [3.63, 3.8) is 0 Å². The van der Waals surface area contributed by atoms with Gasteiger partial charge in [0, 0.05) is 0 Å². The standard InChI is InChI=1S/C15H21Cl2N/c1-11(2)10-18-8-4-5-12(3)13-6-7-14(16)15(17)9-13/h5-7,9,11,18H,4,8,10H2,1-3H3. The molecule has 3 heteroatoms. The monoisotopic (exact) mass is 285 g/mol. The van der Waals surface area contributed by atoms with Gasteiger partial charge in [-0.25, -0.2) is 0 Å². The molecule has 0 amide bonds. The average molecular weight is 286 g/mol. The molecule has 0 heterocycles. The van der Waals surface area contributed by atoms with Crippen molar-refractivity contribution >= 4 is 28.8 Å². The van der Waals surface area contributed by atoms with E-state index in [1.165, 1.54) is 5.57 Å². The first-order chi connectivity index (χ1) is 8.50. The van der Waals surface area contributed by atoms with Crippen LogP contribution < -0.4 is 5.32 Å². The molecule has 0 fully saturated rings. The summed E-state index contributed by atoms with van der Waals surface area (Å²) in [6.07, 6.45) is 3.26. The van der Waals surface area contributed by atoms with Crippen molar-refractivity contribution in [1.29, 1.82) is 0 Å². The molecule has 0 spiro atoms. The van der Waals surface area contributed by atoms with Gasteiger partial charge < -0.3 is 5.32 Å². The van der Waals surface area contributed by atoms with Gasteiger partial charge in [-0.15, -0.1) is 0 Å². The Balaban J connectivity index is 2.47. The van der Waals surface area contributed by atoms with E-state index < -0.39 is 0 Å². The maximum Gasteiger partial charge on any atom is 0.0598 e. The number of rotatable bonds is 6. The quantitative estimate of drug-likeness (QED) is 0.723. The molecule has 0 aromatic heterocycles. The first kappa shape index (κ1) is 15.6. The highest BCUT2D eigenvalue weighted by Gasteiger charge is 2.00. The van der Waals surface area contributed by atoms with Crippen LogP contribution in [0.2, 0.25) is 10.0 Å². The summed E-state index contributed by atoms with van der Waals surface area (Å²) in [6, 6.07) is 5.76. The summed E-state index contributed by atoms with van der Waals surface area (Å²) >= 11 is 11.9. The van der Waals surface area contributed by atoms with Crippen LogP contribution in [0.25, 0.3) is 5.57 Å². The molecule has 0 aliphatic rings. The van der Waals surface area contributed by atoms with Crippen LogP contribution in [0.15, 0.2) is 24.3 Å². The van der Waals surface area contributed by atoms with Crippen molar-refractivity contribution < 1.29 is 0 Å². The lowest BCUT2D eigenvalue weighted by Crippen LogP contribution is -2.20. The van der Waals surface area contributed by atoms with Crippen LogP contribution in [-0.4, -0.2) is 13.1 Å². The van der Waals surface area contributed by atoms with E-state index in [2.05, 4.69) is 32.2 Å². The zero-order valence-corrected chi connectivity index (χ0v) is 12.8. The fraction of sp³-hybridized carbons (Fsp3) is 0.467. The van der Waals surface area contributed by atoms with Gasteiger partial charge in [0.15, 0.2) is 0 Å². The highest BCUT2D eigenvalue weighted by Crippen LogP contribution is 2.26. The Morgan fingerprint density at radius 3 is 2.61 bits per heavy atom. The molecule has 1 aromatic carbocycles. The molecule has 0 aliphatic carbocycles. The second-order valence-corrected chi connectivity index (χ2v) is 5.72. The minimum Gasteiger partial charge on any atom is -0.316 e. The van der Waals surface area contributed by atoms with Crippen LogP contribution in [-0.2, 0) is 0 Å². The molecule has 0 aliphatic heterocycles. The van der Waals surface area contributed by atoms with Gasteiger partial charge in [0.2, 0.25) is 0 Å². The molecule has 0 saturated carbocycles. The normalized spacial score (nSPS) is 12.2. The van der Waals surface area contributed by atoms with Gasteiger partial charge in [-0.2, -0.15) is 0 Å². The topological polar surface area (TPSA) is 12.0 Å². The molecule has 0 bridgehead atoms. The summed E-state index contributed by atoms with van der Waals surface area (Å²) in [5.41, 5.74) is 2.37. The Morgan fingerprint density at radius 2 is 2.00 bits per heavy atom. The first-order valence-electron chi connectivity index (χ1n) is 6.33. The van der Waals surface area contributed by atoms with E-state index in [4.69, 9.17) is 23.2 Å². The fourth-order valence-electron chi connectivity index (χ4n) is 1.64. The van der Waals surface area contributed by atoms with Crippen molar-refractivity contribution in [3.05, 3.63) is 39.9 Å². The van der Waals surface area contributed by atoms with Gasteiger partial charge in [0.1, 0.15) is 0 Å². The summed E-state index contributed by atoms with van der Waals surface area (Å²) in [6.45, 7) is 8.60. The van der Waals surface area contributed by atoms with Crippen LogP contribution >= 0.6 is 23.2 Å². The second-order valence-electron chi connectivity index (χ2n) is 4.90. The highest BCUT2D eigenvalue weighted by molar-refractivity contribution is 6.42. The lowest BCUT2D eigenvalue weighted by Gasteiger charge is -2.07. The molecule has 100 valence electrons. The van der Waals surface area contributed by atoms with E-state index >= 15 is 0 Å². The van der Waals surface area contributed by atoms with Gasteiger partial charge in [-0.3, -0.25) is 0 Å². The summed E-state index contributed by atoms with van der Waals surface area (Å²) in [7, 11) is 0.